The zero-order valence-electron chi connectivity index (χ0n) is 12.1. The SMILES string of the molecule is Cc1cc(CNCc2ncoc2C)ccc1-n1cncn1. The molecule has 3 rings (SSSR count). The van der Waals surface area contributed by atoms with Crippen LogP contribution in [-0.2, 0) is 13.1 Å². The molecule has 0 fully saturated rings. The summed E-state index contributed by atoms with van der Waals surface area (Å²) in [4.78, 5) is 8.14. The van der Waals surface area contributed by atoms with Crippen LogP contribution in [0.3, 0.4) is 0 Å². The molecule has 1 aromatic carbocycles. The Morgan fingerprint density at radius 1 is 1.24 bits per heavy atom. The molecule has 6 nitrogen and oxygen atoms in total. The quantitative estimate of drug-likeness (QED) is 0.777. The third-order valence-corrected chi connectivity index (χ3v) is 3.39. The van der Waals surface area contributed by atoms with Gasteiger partial charge in [0.1, 0.15) is 18.4 Å². The molecule has 0 aliphatic heterocycles. The molecule has 0 spiro atoms. The Balaban J connectivity index is 1.64. The van der Waals surface area contributed by atoms with E-state index in [9.17, 15) is 0 Å². The molecule has 6 heteroatoms. The average Bonchev–Trinajstić information content (AvgIpc) is 3.11. The van der Waals surface area contributed by atoms with Crippen molar-refractivity contribution < 1.29 is 4.42 Å². The summed E-state index contributed by atoms with van der Waals surface area (Å²) in [6.45, 7) is 5.47. The van der Waals surface area contributed by atoms with E-state index in [1.54, 1.807) is 11.0 Å². The summed E-state index contributed by atoms with van der Waals surface area (Å²) in [6, 6.07) is 6.30. The van der Waals surface area contributed by atoms with Crippen LogP contribution in [0.2, 0.25) is 0 Å². The molecule has 2 aromatic heterocycles. The average molecular weight is 283 g/mol. The zero-order chi connectivity index (χ0) is 14.7. The maximum Gasteiger partial charge on any atom is 0.181 e. The van der Waals surface area contributed by atoms with E-state index in [0.717, 1.165) is 29.2 Å². The Kier molecular flexibility index (Phi) is 3.79. The highest BCUT2D eigenvalue weighted by Gasteiger charge is 2.05. The predicted octanol–water partition coefficient (Wildman–Crippen LogP) is 2.16. The van der Waals surface area contributed by atoms with Gasteiger partial charge in [-0.3, -0.25) is 0 Å². The maximum absolute atomic E-state index is 5.18. The topological polar surface area (TPSA) is 68.8 Å². The van der Waals surface area contributed by atoms with Crippen molar-refractivity contribution in [2.24, 2.45) is 0 Å². The lowest BCUT2D eigenvalue weighted by Crippen LogP contribution is -2.14. The van der Waals surface area contributed by atoms with E-state index in [1.807, 2.05) is 6.92 Å². The normalized spacial score (nSPS) is 11.0. The number of aryl methyl sites for hydroxylation is 2. The molecule has 2 heterocycles. The second-order valence-electron chi connectivity index (χ2n) is 4.92. The van der Waals surface area contributed by atoms with E-state index < -0.39 is 0 Å². The van der Waals surface area contributed by atoms with Crippen molar-refractivity contribution in [2.75, 3.05) is 0 Å². The van der Waals surface area contributed by atoms with Crippen LogP contribution in [0.15, 0.2) is 41.7 Å². The number of nitrogens with one attached hydrogen (secondary N) is 1. The van der Waals surface area contributed by atoms with Crippen LogP contribution >= 0.6 is 0 Å². The van der Waals surface area contributed by atoms with E-state index in [1.165, 1.54) is 18.3 Å². The van der Waals surface area contributed by atoms with Crippen molar-refractivity contribution in [1.29, 1.82) is 0 Å². The molecular weight excluding hydrogens is 266 g/mol. The van der Waals surface area contributed by atoms with Gasteiger partial charge in [-0.15, -0.1) is 0 Å². The molecule has 0 unspecified atom stereocenters. The van der Waals surface area contributed by atoms with Crippen molar-refractivity contribution in [3.63, 3.8) is 0 Å². The summed E-state index contributed by atoms with van der Waals surface area (Å²) in [5.41, 5.74) is 4.38. The van der Waals surface area contributed by atoms with Gasteiger partial charge < -0.3 is 9.73 Å². The fraction of sp³-hybridized carbons (Fsp3) is 0.267. The van der Waals surface area contributed by atoms with E-state index in [0.29, 0.717) is 6.54 Å². The molecule has 1 N–H and O–H groups in total. The van der Waals surface area contributed by atoms with Gasteiger partial charge in [0.25, 0.3) is 0 Å². The van der Waals surface area contributed by atoms with Gasteiger partial charge in [-0.1, -0.05) is 12.1 Å². The third-order valence-electron chi connectivity index (χ3n) is 3.39. The van der Waals surface area contributed by atoms with Gasteiger partial charge in [0.2, 0.25) is 0 Å². The van der Waals surface area contributed by atoms with Gasteiger partial charge in [-0.25, -0.2) is 14.6 Å². The van der Waals surface area contributed by atoms with Crippen LogP contribution in [-0.4, -0.2) is 19.7 Å². The van der Waals surface area contributed by atoms with Crippen LogP contribution in [0.1, 0.15) is 22.6 Å². The first-order valence-corrected chi connectivity index (χ1v) is 6.78. The summed E-state index contributed by atoms with van der Waals surface area (Å²) >= 11 is 0. The number of rotatable bonds is 5. The molecule has 0 bridgehead atoms. The molecule has 0 saturated carbocycles. The highest BCUT2D eigenvalue weighted by Crippen LogP contribution is 2.14. The molecule has 21 heavy (non-hydrogen) atoms. The summed E-state index contributed by atoms with van der Waals surface area (Å²) in [7, 11) is 0. The standard InChI is InChI=1S/C15H17N5O/c1-11-5-13(3-4-15(11)20-9-17-8-19-20)6-16-7-14-12(2)21-10-18-14/h3-5,8-10,16H,6-7H2,1-2H3. The van der Waals surface area contributed by atoms with Crippen molar-refractivity contribution in [3.05, 3.63) is 59.8 Å². The first-order chi connectivity index (χ1) is 10.2. The molecular formula is C15H17N5O. The number of benzene rings is 1. The fourth-order valence-corrected chi connectivity index (χ4v) is 2.24. The third kappa shape index (κ3) is 3.00. The van der Waals surface area contributed by atoms with Gasteiger partial charge in [-0.05, 0) is 31.0 Å². The van der Waals surface area contributed by atoms with Crippen LogP contribution in [0, 0.1) is 13.8 Å². The lowest BCUT2D eigenvalue weighted by molar-refractivity contribution is 0.522. The van der Waals surface area contributed by atoms with Crippen LogP contribution < -0.4 is 5.32 Å². The highest BCUT2D eigenvalue weighted by molar-refractivity contribution is 5.41. The first-order valence-electron chi connectivity index (χ1n) is 6.78. The van der Waals surface area contributed by atoms with E-state index >= 15 is 0 Å². The molecule has 0 atom stereocenters. The van der Waals surface area contributed by atoms with E-state index in [2.05, 4.69) is 45.5 Å². The van der Waals surface area contributed by atoms with Gasteiger partial charge in [-0.2, -0.15) is 5.10 Å². The summed E-state index contributed by atoms with van der Waals surface area (Å²) in [6.07, 6.45) is 4.71. The van der Waals surface area contributed by atoms with Crippen molar-refractivity contribution >= 4 is 0 Å². The van der Waals surface area contributed by atoms with E-state index in [4.69, 9.17) is 4.42 Å². The predicted molar refractivity (Wildman–Crippen MR) is 77.9 cm³/mol. The van der Waals surface area contributed by atoms with E-state index in [-0.39, 0.29) is 0 Å². The first kappa shape index (κ1) is 13.5. The molecule has 3 aromatic rings. The number of nitrogens with zero attached hydrogens (tertiary/aromatic N) is 4. The number of hydrogen-bond donors (Lipinski definition) is 1. The smallest absolute Gasteiger partial charge is 0.181 e. The maximum atomic E-state index is 5.18. The van der Waals surface area contributed by atoms with Gasteiger partial charge in [0.05, 0.1) is 11.4 Å². The minimum atomic E-state index is 0.701. The second kappa shape index (κ2) is 5.88. The molecule has 0 aliphatic carbocycles. The van der Waals surface area contributed by atoms with Crippen molar-refractivity contribution in [2.45, 2.75) is 26.9 Å². The van der Waals surface area contributed by atoms with Gasteiger partial charge in [0, 0.05) is 13.1 Å². The number of hydrogen-bond acceptors (Lipinski definition) is 5. The zero-order valence-corrected chi connectivity index (χ0v) is 12.1. The Bertz CT molecular complexity index is 718. The Labute approximate surface area is 122 Å². The Hall–Kier alpha value is -2.47. The Morgan fingerprint density at radius 3 is 2.81 bits per heavy atom. The molecule has 0 aliphatic rings. The lowest BCUT2D eigenvalue weighted by Gasteiger charge is -2.09. The second-order valence-corrected chi connectivity index (χ2v) is 4.92. The van der Waals surface area contributed by atoms with Gasteiger partial charge in [0.15, 0.2) is 6.39 Å². The van der Waals surface area contributed by atoms with Crippen molar-refractivity contribution in [1.82, 2.24) is 25.1 Å². The summed E-state index contributed by atoms with van der Waals surface area (Å²) in [5, 5.41) is 7.52. The molecule has 108 valence electrons. The van der Waals surface area contributed by atoms with Crippen LogP contribution in [0.5, 0.6) is 0 Å². The largest absolute Gasteiger partial charge is 0.448 e. The highest BCUT2D eigenvalue weighted by atomic mass is 16.3. The number of aromatic nitrogens is 4. The Morgan fingerprint density at radius 2 is 2.14 bits per heavy atom. The fourth-order valence-electron chi connectivity index (χ4n) is 2.24. The monoisotopic (exact) mass is 283 g/mol. The molecule has 0 radical (unpaired) electrons. The molecule has 0 amide bonds. The van der Waals surface area contributed by atoms with Crippen LogP contribution in [0.4, 0.5) is 0 Å². The summed E-state index contributed by atoms with van der Waals surface area (Å²) < 4.78 is 6.95. The number of oxazole rings is 1. The van der Waals surface area contributed by atoms with Gasteiger partial charge >= 0.3 is 0 Å². The van der Waals surface area contributed by atoms with Crippen molar-refractivity contribution in [3.8, 4) is 5.69 Å². The lowest BCUT2D eigenvalue weighted by atomic mass is 10.1. The molecule has 0 saturated heterocycles. The minimum absolute atomic E-state index is 0.701. The summed E-state index contributed by atoms with van der Waals surface area (Å²) in [5.74, 6) is 0.861. The van der Waals surface area contributed by atoms with Crippen LogP contribution in [0.25, 0.3) is 5.69 Å². The minimum Gasteiger partial charge on any atom is -0.448 e.